The molecule has 1 aromatic carbocycles. The van der Waals surface area contributed by atoms with E-state index in [0.29, 0.717) is 6.04 Å². The topological polar surface area (TPSA) is 21.3 Å². The Morgan fingerprint density at radius 2 is 2.00 bits per heavy atom. The van der Waals surface area contributed by atoms with Crippen LogP contribution >= 0.6 is 11.6 Å². The maximum atomic E-state index is 5.90. The summed E-state index contributed by atoms with van der Waals surface area (Å²) >= 11 is 5.90. The zero-order chi connectivity index (χ0) is 11.6. The van der Waals surface area contributed by atoms with Crippen LogP contribution in [-0.4, -0.2) is 19.8 Å². The molecule has 0 spiro atoms. The third-order valence-electron chi connectivity index (χ3n) is 3.09. The molecule has 0 bridgehead atoms. The molecule has 0 radical (unpaired) electrons. The second-order valence-electron chi connectivity index (χ2n) is 4.59. The predicted molar refractivity (Wildman–Crippen MR) is 66.8 cm³/mol. The number of ether oxygens (including phenoxy) is 1. The van der Waals surface area contributed by atoms with Crippen LogP contribution in [0, 0.1) is 0 Å². The summed E-state index contributed by atoms with van der Waals surface area (Å²) in [4.78, 5) is 0. The maximum Gasteiger partial charge on any atom is 0.0613 e. The molecule has 88 valence electrons. The minimum absolute atomic E-state index is 0.169. The molecule has 1 unspecified atom stereocenters. The highest BCUT2D eigenvalue weighted by Crippen LogP contribution is 2.46. The Balaban J connectivity index is 2.05. The fourth-order valence-electron chi connectivity index (χ4n) is 2.17. The van der Waals surface area contributed by atoms with Crippen LogP contribution in [0.25, 0.3) is 0 Å². The van der Waals surface area contributed by atoms with E-state index in [1.807, 2.05) is 12.1 Å². The third-order valence-corrected chi connectivity index (χ3v) is 3.34. The number of benzene rings is 1. The van der Waals surface area contributed by atoms with Gasteiger partial charge in [0, 0.05) is 23.7 Å². The van der Waals surface area contributed by atoms with E-state index < -0.39 is 0 Å². The van der Waals surface area contributed by atoms with E-state index in [2.05, 4.69) is 24.4 Å². The van der Waals surface area contributed by atoms with Crippen molar-refractivity contribution in [3.05, 3.63) is 34.9 Å². The Hall–Kier alpha value is -0.570. The lowest BCUT2D eigenvalue weighted by atomic mass is 10.0. The molecule has 1 saturated carbocycles. The zero-order valence-corrected chi connectivity index (χ0v) is 10.6. The van der Waals surface area contributed by atoms with Gasteiger partial charge in [0.05, 0.1) is 6.61 Å². The van der Waals surface area contributed by atoms with Gasteiger partial charge in [0.1, 0.15) is 0 Å². The minimum Gasteiger partial charge on any atom is -0.383 e. The van der Waals surface area contributed by atoms with Crippen molar-refractivity contribution in [2.24, 2.45) is 0 Å². The van der Waals surface area contributed by atoms with Crippen molar-refractivity contribution in [1.29, 1.82) is 0 Å². The highest BCUT2D eigenvalue weighted by molar-refractivity contribution is 6.30. The van der Waals surface area contributed by atoms with Crippen molar-refractivity contribution in [1.82, 2.24) is 5.32 Å². The van der Waals surface area contributed by atoms with E-state index in [9.17, 15) is 0 Å². The van der Waals surface area contributed by atoms with E-state index in [4.69, 9.17) is 16.3 Å². The summed E-state index contributed by atoms with van der Waals surface area (Å²) in [7, 11) is 1.74. The van der Waals surface area contributed by atoms with Crippen molar-refractivity contribution in [2.45, 2.75) is 31.3 Å². The van der Waals surface area contributed by atoms with Gasteiger partial charge in [0.25, 0.3) is 0 Å². The molecule has 1 aliphatic rings. The van der Waals surface area contributed by atoms with Gasteiger partial charge >= 0.3 is 0 Å². The molecule has 16 heavy (non-hydrogen) atoms. The Labute approximate surface area is 102 Å². The molecular formula is C13H18ClNO. The predicted octanol–water partition coefficient (Wildman–Crippen LogP) is 2.95. The number of hydrogen-bond donors (Lipinski definition) is 1. The monoisotopic (exact) mass is 239 g/mol. The molecule has 1 N–H and O–H groups in total. The van der Waals surface area contributed by atoms with Crippen molar-refractivity contribution < 1.29 is 4.74 Å². The van der Waals surface area contributed by atoms with E-state index in [-0.39, 0.29) is 5.54 Å². The molecule has 0 aliphatic heterocycles. The minimum atomic E-state index is 0.169. The summed E-state index contributed by atoms with van der Waals surface area (Å²) in [5.41, 5.74) is 1.50. The largest absolute Gasteiger partial charge is 0.383 e. The van der Waals surface area contributed by atoms with Gasteiger partial charge in [-0.15, -0.1) is 0 Å². The quantitative estimate of drug-likeness (QED) is 0.853. The molecule has 0 aromatic heterocycles. The van der Waals surface area contributed by atoms with Crippen molar-refractivity contribution in [2.75, 3.05) is 13.7 Å². The van der Waals surface area contributed by atoms with Crippen molar-refractivity contribution >= 4 is 11.6 Å². The summed E-state index contributed by atoms with van der Waals surface area (Å²) in [6, 6.07) is 8.52. The highest BCUT2D eigenvalue weighted by Gasteiger charge is 2.44. The fourth-order valence-corrected chi connectivity index (χ4v) is 2.30. The Bertz CT molecular complexity index is 345. The number of methoxy groups -OCH3 is 1. The second kappa shape index (κ2) is 4.74. The molecule has 1 atom stereocenters. The van der Waals surface area contributed by atoms with E-state index in [1.54, 1.807) is 7.11 Å². The lowest BCUT2D eigenvalue weighted by Gasteiger charge is -2.23. The molecule has 0 saturated heterocycles. The van der Waals surface area contributed by atoms with Crippen LogP contribution in [0.3, 0.4) is 0 Å². The average Bonchev–Trinajstić information content (AvgIpc) is 3.00. The average molecular weight is 240 g/mol. The summed E-state index contributed by atoms with van der Waals surface area (Å²) in [6.07, 6.45) is 2.39. The summed E-state index contributed by atoms with van der Waals surface area (Å²) in [5, 5.41) is 4.43. The fraction of sp³-hybridized carbons (Fsp3) is 0.538. The van der Waals surface area contributed by atoms with Crippen LogP contribution in [0.5, 0.6) is 0 Å². The summed E-state index contributed by atoms with van der Waals surface area (Å²) < 4.78 is 5.15. The van der Waals surface area contributed by atoms with E-state index in [1.165, 1.54) is 18.4 Å². The second-order valence-corrected chi connectivity index (χ2v) is 5.03. The Morgan fingerprint density at radius 1 is 1.38 bits per heavy atom. The SMILES string of the molecule is COCC(C)NC1(c2ccc(Cl)cc2)CC1. The van der Waals surface area contributed by atoms with Crippen molar-refractivity contribution in [3.63, 3.8) is 0 Å². The van der Waals surface area contributed by atoms with Gasteiger partial charge in [0.2, 0.25) is 0 Å². The first kappa shape index (κ1) is 11.9. The Kier molecular flexibility index (Phi) is 3.53. The normalized spacial score (nSPS) is 19.4. The molecule has 2 nitrogen and oxygen atoms in total. The van der Waals surface area contributed by atoms with E-state index in [0.717, 1.165) is 11.6 Å². The van der Waals surface area contributed by atoms with Gasteiger partial charge in [0.15, 0.2) is 0 Å². The standard InChI is InChI=1S/C13H18ClNO/c1-10(9-16-2)15-13(7-8-13)11-3-5-12(14)6-4-11/h3-6,10,15H,7-9H2,1-2H3. The number of nitrogens with one attached hydrogen (secondary N) is 1. The lowest BCUT2D eigenvalue weighted by molar-refractivity contribution is 0.164. The Morgan fingerprint density at radius 3 is 2.50 bits per heavy atom. The smallest absolute Gasteiger partial charge is 0.0613 e. The van der Waals surface area contributed by atoms with E-state index >= 15 is 0 Å². The number of rotatable bonds is 5. The molecule has 1 fully saturated rings. The summed E-state index contributed by atoms with van der Waals surface area (Å²) in [5.74, 6) is 0. The van der Waals surface area contributed by atoms with Gasteiger partial charge in [-0.3, -0.25) is 0 Å². The number of halogens is 1. The summed E-state index contributed by atoms with van der Waals surface area (Å²) in [6.45, 7) is 2.90. The van der Waals surface area contributed by atoms with Gasteiger partial charge in [-0.2, -0.15) is 0 Å². The highest BCUT2D eigenvalue weighted by atomic mass is 35.5. The molecule has 1 aliphatic carbocycles. The van der Waals surface area contributed by atoms with Gasteiger partial charge < -0.3 is 10.1 Å². The molecule has 0 amide bonds. The number of hydrogen-bond acceptors (Lipinski definition) is 2. The van der Waals surface area contributed by atoms with Crippen molar-refractivity contribution in [3.8, 4) is 0 Å². The van der Waals surface area contributed by atoms with Crippen LogP contribution in [0.1, 0.15) is 25.3 Å². The van der Waals surface area contributed by atoms with Crippen LogP contribution in [0.4, 0.5) is 0 Å². The first-order chi connectivity index (χ1) is 7.66. The molecule has 2 rings (SSSR count). The van der Waals surface area contributed by atoms with Gasteiger partial charge in [-0.25, -0.2) is 0 Å². The van der Waals surface area contributed by atoms with Gasteiger partial charge in [-0.1, -0.05) is 23.7 Å². The van der Waals surface area contributed by atoms with Crippen LogP contribution in [-0.2, 0) is 10.3 Å². The van der Waals surface area contributed by atoms with Crippen LogP contribution in [0.2, 0.25) is 5.02 Å². The van der Waals surface area contributed by atoms with Crippen LogP contribution in [0.15, 0.2) is 24.3 Å². The molecule has 3 heteroatoms. The zero-order valence-electron chi connectivity index (χ0n) is 9.79. The third kappa shape index (κ3) is 2.57. The van der Waals surface area contributed by atoms with Crippen LogP contribution < -0.4 is 5.32 Å². The maximum absolute atomic E-state index is 5.90. The first-order valence-electron chi connectivity index (χ1n) is 5.69. The lowest BCUT2D eigenvalue weighted by Crippen LogP contribution is -2.39. The van der Waals surface area contributed by atoms with Gasteiger partial charge in [-0.05, 0) is 37.5 Å². The molecule has 1 aromatic rings. The molecular weight excluding hydrogens is 222 g/mol. The first-order valence-corrected chi connectivity index (χ1v) is 6.07. The molecule has 0 heterocycles.